The summed E-state index contributed by atoms with van der Waals surface area (Å²) in [6.45, 7) is 2.02. The molecule has 0 fully saturated rings. The van der Waals surface area contributed by atoms with Crippen molar-refractivity contribution in [2.45, 2.75) is 13.3 Å². The van der Waals surface area contributed by atoms with Crippen LogP contribution in [0.25, 0.3) is 11.5 Å². The molecule has 0 atom stereocenters. The number of hydrogen-bond donors (Lipinski definition) is 1. The molecule has 2 aromatic rings. The van der Waals surface area contributed by atoms with E-state index in [-0.39, 0.29) is 0 Å². The molecule has 0 bridgehead atoms. The van der Waals surface area contributed by atoms with Gasteiger partial charge in [0.05, 0.1) is 5.69 Å². The van der Waals surface area contributed by atoms with Crippen LogP contribution in [0.3, 0.4) is 0 Å². The van der Waals surface area contributed by atoms with Crippen molar-refractivity contribution in [1.29, 1.82) is 0 Å². The Morgan fingerprint density at radius 2 is 2.31 bits per heavy atom. The van der Waals surface area contributed by atoms with Crippen molar-refractivity contribution in [2.75, 3.05) is 0 Å². The molecule has 4 nitrogen and oxygen atoms in total. The van der Waals surface area contributed by atoms with Crippen molar-refractivity contribution >= 4 is 0 Å². The summed E-state index contributed by atoms with van der Waals surface area (Å²) in [6.07, 6.45) is 4.23. The summed E-state index contributed by atoms with van der Waals surface area (Å²) in [5, 5.41) is 0. The molecule has 66 valence electrons. The molecule has 2 rings (SSSR count). The van der Waals surface area contributed by atoms with Crippen LogP contribution < -0.4 is 0 Å². The summed E-state index contributed by atoms with van der Waals surface area (Å²) in [5.74, 6) is 1.52. The summed E-state index contributed by atoms with van der Waals surface area (Å²) >= 11 is 0. The maximum absolute atomic E-state index is 4.28. The lowest BCUT2D eigenvalue weighted by molar-refractivity contribution is 0.900. The summed E-state index contributed by atoms with van der Waals surface area (Å²) in [5.41, 5.74) is 0.928. The molecule has 0 aliphatic carbocycles. The number of hydrogen-bond acceptors (Lipinski definition) is 3. The summed E-state index contributed by atoms with van der Waals surface area (Å²) in [6, 6.07) is 3.86. The van der Waals surface area contributed by atoms with E-state index in [9.17, 15) is 0 Å². The number of nitrogens with one attached hydrogen (secondary N) is 1. The van der Waals surface area contributed by atoms with E-state index in [1.54, 1.807) is 6.33 Å². The standard InChI is InChI=1S/C9H10N4/c1-2-8-11-6-12-9(13-8)7-4-3-5-10-7/h3-6,10H,2H2,1H3. The zero-order valence-corrected chi connectivity index (χ0v) is 7.36. The SMILES string of the molecule is CCc1ncnc(-c2ccc[nH]2)n1. The maximum Gasteiger partial charge on any atom is 0.179 e. The Morgan fingerprint density at radius 1 is 1.38 bits per heavy atom. The average Bonchev–Trinajstić information content (AvgIpc) is 2.71. The molecule has 0 saturated carbocycles. The smallest absolute Gasteiger partial charge is 0.179 e. The topological polar surface area (TPSA) is 54.5 Å². The summed E-state index contributed by atoms with van der Waals surface area (Å²) < 4.78 is 0. The predicted octanol–water partition coefficient (Wildman–Crippen LogP) is 1.43. The number of H-pyrrole nitrogens is 1. The molecule has 13 heavy (non-hydrogen) atoms. The molecule has 2 aromatic heterocycles. The van der Waals surface area contributed by atoms with E-state index in [4.69, 9.17) is 0 Å². The molecule has 0 unspecified atom stereocenters. The first kappa shape index (κ1) is 7.91. The van der Waals surface area contributed by atoms with Gasteiger partial charge >= 0.3 is 0 Å². The number of rotatable bonds is 2. The van der Waals surface area contributed by atoms with Crippen LogP contribution >= 0.6 is 0 Å². The van der Waals surface area contributed by atoms with Gasteiger partial charge in [-0.25, -0.2) is 15.0 Å². The molecule has 0 radical (unpaired) electrons. The van der Waals surface area contributed by atoms with E-state index >= 15 is 0 Å². The van der Waals surface area contributed by atoms with Crippen LogP contribution in [0.2, 0.25) is 0 Å². The van der Waals surface area contributed by atoms with E-state index in [0.717, 1.165) is 17.9 Å². The van der Waals surface area contributed by atoms with Crippen LogP contribution in [0.4, 0.5) is 0 Å². The van der Waals surface area contributed by atoms with Crippen LogP contribution in [0.15, 0.2) is 24.7 Å². The molecule has 1 N–H and O–H groups in total. The molecule has 0 amide bonds. The van der Waals surface area contributed by atoms with Crippen LogP contribution in [-0.4, -0.2) is 19.9 Å². The lowest BCUT2D eigenvalue weighted by atomic mass is 10.4. The third-order valence-electron chi connectivity index (χ3n) is 1.78. The van der Waals surface area contributed by atoms with Crippen LogP contribution in [0.5, 0.6) is 0 Å². The second-order valence-electron chi connectivity index (χ2n) is 2.66. The summed E-state index contributed by atoms with van der Waals surface area (Å²) in [7, 11) is 0. The monoisotopic (exact) mass is 174 g/mol. The van der Waals surface area contributed by atoms with Gasteiger partial charge in [-0.15, -0.1) is 0 Å². The highest BCUT2D eigenvalue weighted by Crippen LogP contribution is 2.09. The van der Waals surface area contributed by atoms with Gasteiger partial charge in [0.1, 0.15) is 12.2 Å². The molecule has 0 aliphatic rings. The van der Waals surface area contributed by atoms with Gasteiger partial charge < -0.3 is 4.98 Å². The molecular weight excluding hydrogens is 164 g/mol. The van der Waals surface area contributed by atoms with Gasteiger partial charge in [0.25, 0.3) is 0 Å². The minimum atomic E-state index is 0.705. The van der Waals surface area contributed by atoms with Crippen LogP contribution in [0.1, 0.15) is 12.7 Å². The fourth-order valence-corrected chi connectivity index (χ4v) is 1.10. The Kier molecular flexibility index (Phi) is 2.04. The minimum absolute atomic E-state index is 0.705. The lowest BCUT2D eigenvalue weighted by Gasteiger charge is -1.97. The molecule has 4 heteroatoms. The van der Waals surface area contributed by atoms with Gasteiger partial charge in [0, 0.05) is 12.6 Å². The predicted molar refractivity (Wildman–Crippen MR) is 49.0 cm³/mol. The number of nitrogens with zero attached hydrogens (tertiary/aromatic N) is 3. The van der Waals surface area contributed by atoms with Gasteiger partial charge in [0.2, 0.25) is 0 Å². The Bertz CT molecular complexity index is 380. The maximum atomic E-state index is 4.28. The average molecular weight is 174 g/mol. The molecule has 0 saturated heterocycles. The molecule has 0 aliphatic heterocycles. The number of aromatic nitrogens is 4. The third-order valence-corrected chi connectivity index (χ3v) is 1.78. The molecule has 2 heterocycles. The molecule has 0 aromatic carbocycles. The normalized spacial score (nSPS) is 10.2. The van der Waals surface area contributed by atoms with E-state index < -0.39 is 0 Å². The van der Waals surface area contributed by atoms with Gasteiger partial charge in [-0.3, -0.25) is 0 Å². The zero-order chi connectivity index (χ0) is 9.10. The minimum Gasteiger partial charge on any atom is -0.359 e. The van der Waals surface area contributed by atoms with Crippen molar-refractivity contribution in [2.24, 2.45) is 0 Å². The highest BCUT2D eigenvalue weighted by Gasteiger charge is 2.01. The Labute approximate surface area is 76.1 Å². The lowest BCUT2D eigenvalue weighted by Crippen LogP contribution is -1.97. The Balaban J connectivity index is 2.41. The number of aryl methyl sites for hydroxylation is 1. The highest BCUT2D eigenvalue weighted by molar-refractivity contribution is 5.48. The summed E-state index contributed by atoms with van der Waals surface area (Å²) in [4.78, 5) is 15.4. The van der Waals surface area contributed by atoms with Gasteiger partial charge in [-0.05, 0) is 12.1 Å². The van der Waals surface area contributed by atoms with Crippen molar-refractivity contribution in [1.82, 2.24) is 19.9 Å². The second kappa shape index (κ2) is 3.35. The highest BCUT2D eigenvalue weighted by atomic mass is 15.0. The van der Waals surface area contributed by atoms with Crippen LogP contribution in [0, 0.1) is 0 Å². The number of aromatic amines is 1. The van der Waals surface area contributed by atoms with Crippen molar-refractivity contribution < 1.29 is 0 Å². The van der Waals surface area contributed by atoms with Crippen molar-refractivity contribution in [3.05, 3.63) is 30.5 Å². The first-order valence-corrected chi connectivity index (χ1v) is 4.22. The van der Waals surface area contributed by atoms with Gasteiger partial charge in [-0.1, -0.05) is 6.92 Å². The van der Waals surface area contributed by atoms with E-state index in [1.807, 2.05) is 25.3 Å². The quantitative estimate of drug-likeness (QED) is 0.749. The third kappa shape index (κ3) is 1.56. The van der Waals surface area contributed by atoms with Crippen molar-refractivity contribution in [3.63, 3.8) is 0 Å². The first-order valence-electron chi connectivity index (χ1n) is 4.22. The molecular formula is C9H10N4. The van der Waals surface area contributed by atoms with E-state index in [1.165, 1.54) is 0 Å². The Morgan fingerprint density at radius 3 is 3.00 bits per heavy atom. The van der Waals surface area contributed by atoms with Crippen LogP contribution in [-0.2, 0) is 6.42 Å². The Hall–Kier alpha value is -1.71. The van der Waals surface area contributed by atoms with Crippen molar-refractivity contribution in [3.8, 4) is 11.5 Å². The largest absolute Gasteiger partial charge is 0.359 e. The fourth-order valence-electron chi connectivity index (χ4n) is 1.10. The zero-order valence-electron chi connectivity index (χ0n) is 7.36. The van der Waals surface area contributed by atoms with E-state index in [2.05, 4.69) is 19.9 Å². The molecule has 0 spiro atoms. The first-order chi connectivity index (χ1) is 6.40. The fraction of sp³-hybridized carbons (Fsp3) is 0.222. The second-order valence-corrected chi connectivity index (χ2v) is 2.66. The van der Waals surface area contributed by atoms with E-state index in [0.29, 0.717) is 5.82 Å². The van der Waals surface area contributed by atoms with Gasteiger partial charge in [-0.2, -0.15) is 0 Å². The van der Waals surface area contributed by atoms with Gasteiger partial charge in [0.15, 0.2) is 5.82 Å².